The van der Waals surface area contributed by atoms with Crippen LogP contribution in [0.1, 0.15) is 35.7 Å². The number of carbonyl (C=O) groups is 3. The van der Waals surface area contributed by atoms with Gasteiger partial charge < -0.3 is 0 Å². The summed E-state index contributed by atoms with van der Waals surface area (Å²) in [6, 6.07) is 13.5. The predicted molar refractivity (Wildman–Crippen MR) is 115 cm³/mol. The first-order valence-electron chi connectivity index (χ1n) is 9.71. The molecule has 0 bridgehead atoms. The zero-order chi connectivity index (χ0) is 21.4. The maximum absolute atomic E-state index is 13.4. The first kappa shape index (κ1) is 20.6. The van der Waals surface area contributed by atoms with Gasteiger partial charge in [0.1, 0.15) is 0 Å². The zero-order valence-electron chi connectivity index (χ0n) is 16.3. The molecule has 3 amide bonds. The summed E-state index contributed by atoms with van der Waals surface area (Å²) in [5, 5.41) is 3.06. The van der Waals surface area contributed by atoms with Gasteiger partial charge in [-0.1, -0.05) is 59.1 Å². The normalized spacial score (nSPS) is 20.8. The van der Waals surface area contributed by atoms with Crippen LogP contribution in [-0.2, 0) is 16.1 Å². The van der Waals surface area contributed by atoms with Crippen LogP contribution < -0.4 is 0 Å². The first-order chi connectivity index (χ1) is 14.4. The van der Waals surface area contributed by atoms with Crippen LogP contribution >= 0.6 is 23.2 Å². The molecule has 30 heavy (non-hydrogen) atoms. The molecule has 4 rings (SSSR count). The fraction of sp³-hybridized carbons (Fsp3) is 0.261. The Balaban J connectivity index is 1.72. The summed E-state index contributed by atoms with van der Waals surface area (Å²) < 4.78 is 0. The number of hydrogen-bond donors (Lipinski definition) is 0. The molecule has 2 aromatic carbocycles. The van der Waals surface area contributed by atoms with E-state index in [4.69, 9.17) is 23.2 Å². The molecule has 2 aliphatic rings. The quantitative estimate of drug-likeness (QED) is 0.500. The summed E-state index contributed by atoms with van der Waals surface area (Å²) in [5.41, 5.74) is 2.06. The van der Waals surface area contributed by atoms with Gasteiger partial charge in [0, 0.05) is 5.02 Å². The molecule has 0 N–H and O–H groups in total. The van der Waals surface area contributed by atoms with E-state index in [-0.39, 0.29) is 28.9 Å². The number of fused-ring (bicyclic) bond motifs is 1. The number of benzene rings is 2. The molecule has 154 valence electrons. The van der Waals surface area contributed by atoms with Crippen molar-refractivity contribution in [1.82, 2.24) is 10.0 Å². The monoisotopic (exact) mass is 442 g/mol. The molecule has 0 radical (unpaired) electrons. The number of rotatable bonds is 4. The molecule has 0 spiro atoms. The summed E-state index contributed by atoms with van der Waals surface area (Å²) in [6.45, 7) is 2.00. The molecule has 7 heteroatoms. The summed E-state index contributed by atoms with van der Waals surface area (Å²) in [7, 11) is 0. The van der Waals surface area contributed by atoms with Crippen molar-refractivity contribution in [2.24, 2.45) is 11.8 Å². The van der Waals surface area contributed by atoms with Gasteiger partial charge in [0.05, 0.1) is 29.0 Å². The van der Waals surface area contributed by atoms with Crippen LogP contribution in [0.25, 0.3) is 0 Å². The van der Waals surface area contributed by atoms with Gasteiger partial charge in [0.2, 0.25) is 0 Å². The van der Waals surface area contributed by atoms with E-state index in [1.165, 1.54) is 5.01 Å². The second-order valence-corrected chi connectivity index (χ2v) is 8.50. The Labute approximate surface area is 184 Å². The molecule has 5 nitrogen and oxygen atoms in total. The average Bonchev–Trinajstić information content (AvgIpc) is 2.97. The van der Waals surface area contributed by atoms with Crippen LogP contribution in [0.2, 0.25) is 10.0 Å². The minimum atomic E-state index is -0.499. The zero-order valence-corrected chi connectivity index (χ0v) is 17.9. The van der Waals surface area contributed by atoms with E-state index in [1.54, 1.807) is 48.5 Å². The molecule has 2 atom stereocenters. The topological polar surface area (TPSA) is 57.7 Å². The van der Waals surface area contributed by atoms with Gasteiger partial charge in [-0.05, 0) is 49.6 Å². The lowest BCUT2D eigenvalue weighted by molar-refractivity contribution is -0.155. The van der Waals surface area contributed by atoms with Crippen molar-refractivity contribution in [3.8, 4) is 0 Å². The average molecular weight is 443 g/mol. The van der Waals surface area contributed by atoms with Crippen molar-refractivity contribution >= 4 is 40.9 Å². The highest BCUT2D eigenvalue weighted by Crippen LogP contribution is 2.39. The molecule has 1 fully saturated rings. The van der Waals surface area contributed by atoms with Crippen molar-refractivity contribution in [3.05, 3.63) is 81.4 Å². The third kappa shape index (κ3) is 3.75. The van der Waals surface area contributed by atoms with E-state index in [2.05, 4.69) is 0 Å². The van der Waals surface area contributed by atoms with Gasteiger partial charge >= 0.3 is 0 Å². The van der Waals surface area contributed by atoms with E-state index < -0.39 is 17.7 Å². The molecule has 0 unspecified atom stereocenters. The summed E-state index contributed by atoms with van der Waals surface area (Å²) in [4.78, 5) is 39.9. The van der Waals surface area contributed by atoms with Crippen molar-refractivity contribution in [2.45, 2.75) is 26.3 Å². The van der Waals surface area contributed by atoms with Gasteiger partial charge in [0.25, 0.3) is 17.7 Å². The van der Waals surface area contributed by atoms with Gasteiger partial charge in [-0.2, -0.15) is 5.01 Å². The number of nitrogens with zero attached hydrogens (tertiary/aromatic N) is 2. The third-order valence-electron chi connectivity index (χ3n) is 5.63. The lowest BCUT2D eigenvalue weighted by atomic mass is 9.82. The van der Waals surface area contributed by atoms with Crippen molar-refractivity contribution < 1.29 is 14.4 Å². The van der Waals surface area contributed by atoms with E-state index in [9.17, 15) is 14.4 Å². The fourth-order valence-electron chi connectivity index (χ4n) is 4.03. The molecule has 2 aromatic rings. The summed E-state index contributed by atoms with van der Waals surface area (Å²) in [5.74, 6) is -2.06. The minimum absolute atomic E-state index is 0.0462. The van der Waals surface area contributed by atoms with Crippen LogP contribution in [0.4, 0.5) is 0 Å². The lowest BCUT2D eigenvalue weighted by Crippen LogP contribution is -2.49. The highest BCUT2D eigenvalue weighted by atomic mass is 35.5. The van der Waals surface area contributed by atoms with Gasteiger partial charge in [0.15, 0.2) is 0 Å². The van der Waals surface area contributed by atoms with Crippen LogP contribution in [-0.4, -0.2) is 27.7 Å². The van der Waals surface area contributed by atoms with Gasteiger partial charge in [-0.25, -0.2) is 5.01 Å². The molecule has 1 saturated heterocycles. The number of imide groups is 1. The van der Waals surface area contributed by atoms with Crippen LogP contribution in [0, 0.1) is 11.8 Å². The second-order valence-electron chi connectivity index (χ2n) is 7.66. The Morgan fingerprint density at radius 3 is 2.40 bits per heavy atom. The molecule has 1 heterocycles. The highest BCUT2D eigenvalue weighted by molar-refractivity contribution is 6.34. The Morgan fingerprint density at radius 2 is 1.70 bits per heavy atom. The Bertz CT molecular complexity index is 1050. The molecular weight excluding hydrogens is 423 g/mol. The van der Waals surface area contributed by atoms with Gasteiger partial charge in [-0.15, -0.1) is 0 Å². The number of hydrogen-bond acceptors (Lipinski definition) is 3. The summed E-state index contributed by atoms with van der Waals surface area (Å²) in [6.07, 6.45) is 3.03. The van der Waals surface area contributed by atoms with E-state index >= 15 is 0 Å². The molecular formula is C23H20Cl2N2O3. The van der Waals surface area contributed by atoms with Crippen molar-refractivity contribution in [2.75, 3.05) is 0 Å². The number of carbonyl (C=O) groups excluding carboxylic acids is 3. The van der Waals surface area contributed by atoms with Crippen molar-refractivity contribution in [1.29, 1.82) is 0 Å². The molecule has 0 aromatic heterocycles. The molecule has 1 aliphatic carbocycles. The highest BCUT2D eigenvalue weighted by Gasteiger charge is 2.51. The van der Waals surface area contributed by atoms with Gasteiger partial charge in [-0.3, -0.25) is 14.4 Å². The lowest BCUT2D eigenvalue weighted by Gasteiger charge is -2.31. The Kier molecular flexibility index (Phi) is 5.67. The standard InChI is InChI=1S/C23H20Cl2N2O3/c1-14-6-11-17-19(12-14)23(30)27(22(17)29)26(13-15-7-9-16(24)10-8-15)21(28)18-4-2-3-5-20(18)25/h2-10,17,19H,11-13H2,1H3/t17-,19+/m1/s1. The van der Waals surface area contributed by atoms with Crippen LogP contribution in [0.5, 0.6) is 0 Å². The van der Waals surface area contributed by atoms with Crippen LogP contribution in [0.15, 0.2) is 60.2 Å². The number of allylic oxidation sites excluding steroid dienone is 2. The van der Waals surface area contributed by atoms with E-state index in [0.717, 1.165) is 16.1 Å². The minimum Gasteiger partial charge on any atom is -0.272 e. The van der Waals surface area contributed by atoms with Crippen molar-refractivity contribution in [3.63, 3.8) is 0 Å². The SMILES string of the molecule is CC1=CC[C@H]2C(=O)N(N(Cc3ccc(Cl)cc3)C(=O)c3ccccc3Cl)C(=O)[C@H]2C1. The fourth-order valence-corrected chi connectivity index (χ4v) is 4.37. The molecule has 0 saturated carbocycles. The second kappa shape index (κ2) is 8.25. The number of amides is 3. The summed E-state index contributed by atoms with van der Waals surface area (Å²) >= 11 is 12.2. The Morgan fingerprint density at radius 1 is 1.03 bits per heavy atom. The maximum Gasteiger partial charge on any atom is 0.274 e. The van der Waals surface area contributed by atoms with E-state index in [0.29, 0.717) is 17.9 Å². The smallest absolute Gasteiger partial charge is 0.272 e. The largest absolute Gasteiger partial charge is 0.274 e. The third-order valence-corrected chi connectivity index (χ3v) is 6.21. The van der Waals surface area contributed by atoms with E-state index in [1.807, 2.05) is 13.0 Å². The molecule has 1 aliphatic heterocycles. The number of halogens is 2. The Hall–Kier alpha value is -2.63. The number of hydrazine groups is 1. The first-order valence-corrected chi connectivity index (χ1v) is 10.5. The maximum atomic E-state index is 13.4. The predicted octanol–water partition coefficient (Wildman–Crippen LogP) is 4.89. The van der Waals surface area contributed by atoms with Crippen LogP contribution in [0.3, 0.4) is 0 Å².